The fourth-order valence-electron chi connectivity index (χ4n) is 7.27. The molecule has 5 heteroatoms. The number of carbonyl (C=O) groups is 2. The zero-order valence-electron chi connectivity index (χ0n) is 14.9. The van der Waals surface area contributed by atoms with E-state index in [-0.39, 0.29) is 41.0 Å². The number of carbonyl (C=O) groups excluding carboxylic acids is 2. The lowest BCUT2D eigenvalue weighted by molar-refractivity contribution is -0.236. The van der Waals surface area contributed by atoms with Crippen molar-refractivity contribution in [3.05, 3.63) is 12.2 Å². The van der Waals surface area contributed by atoms with Gasteiger partial charge in [0.25, 0.3) is 0 Å². The van der Waals surface area contributed by atoms with Gasteiger partial charge in [-0.1, -0.05) is 20.4 Å². The molecule has 136 valence electrons. The Balaban J connectivity index is 1.71. The first-order valence-electron chi connectivity index (χ1n) is 9.49. The minimum atomic E-state index is -1.09. The van der Waals surface area contributed by atoms with E-state index in [1.807, 2.05) is 0 Å². The van der Waals surface area contributed by atoms with Gasteiger partial charge >= 0.3 is 5.97 Å². The highest BCUT2D eigenvalue weighted by molar-refractivity contribution is 6.15. The second kappa shape index (κ2) is 4.55. The molecule has 5 aliphatic rings. The molecule has 5 rings (SSSR count). The van der Waals surface area contributed by atoms with Crippen LogP contribution in [0.15, 0.2) is 12.2 Å². The first-order chi connectivity index (χ1) is 11.7. The summed E-state index contributed by atoms with van der Waals surface area (Å²) in [6.07, 6.45) is 2.77. The van der Waals surface area contributed by atoms with Gasteiger partial charge < -0.3 is 14.6 Å². The highest BCUT2D eigenvalue weighted by Gasteiger charge is 2.77. The number of allylic oxidation sites excluding steroid dienone is 1. The number of aliphatic hydroxyl groups excluding tert-OH is 1. The number of aliphatic hydroxyl groups is 1. The number of hydrogen-bond acceptors (Lipinski definition) is 5. The number of Topliss-reactive ketones (excluding diaryl/α,β-unsaturated/α-hetero) is 1. The molecule has 0 aromatic carbocycles. The summed E-state index contributed by atoms with van der Waals surface area (Å²) in [5.74, 6) is -0.586. The van der Waals surface area contributed by atoms with Gasteiger partial charge in [-0.15, -0.1) is 0 Å². The molecule has 0 aromatic rings. The first-order valence-corrected chi connectivity index (χ1v) is 9.49. The fraction of sp³-hybridized carbons (Fsp3) is 0.800. The summed E-state index contributed by atoms with van der Waals surface area (Å²) in [5.41, 5.74) is -1.07. The van der Waals surface area contributed by atoms with Crippen LogP contribution in [0.1, 0.15) is 46.0 Å². The standard InChI is InChI=1S/C20H26O5/c1-10-11-4-5-12-19(8-11,15(10)21)17(23)25-13-6-7-18(2,3)14-16(22)24-9-20(12,13)14/h11-14,16,22H,1,4-9H2,2-3H3/t11-,12+,13-,14+,16+,19-,20+/m0/s1. The molecule has 0 aromatic heterocycles. The Labute approximate surface area is 147 Å². The number of esters is 1. The van der Waals surface area contributed by atoms with Crippen molar-refractivity contribution in [3.63, 3.8) is 0 Å². The minimum absolute atomic E-state index is 0.103. The zero-order chi connectivity index (χ0) is 17.8. The molecule has 0 radical (unpaired) electrons. The Hall–Kier alpha value is -1.20. The first kappa shape index (κ1) is 16.0. The number of rotatable bonds is 0. The predicted molar refractivity (Wildman–Crippen MR) is 88.2 cm³/mol. The van der Waals surface area contributed by atoms with Crippen molar-refractivity contribution in [2.75, 3.05) is 6.61 Å². The maximum absolute atomic E-state index is 13.2. The Morgan fingerprint density at radius 3 is 2.72 bits per heavy atom. The van der Waals surface area contributed by atoms with E-state index in [9.17, 15) is 14.7 Å². The van der Waals surface area contributed by atoms with Crippen LogP contribution in [0.25, 0.3) is 0 Å². The van der Waals surface area contributed by atoms with E-state index in [2.05, 4.69) is 20.4 Å². The van der Waals surface area contributed by atoms with Gasteiger partial charge in [0.05, 0.1) is 6.61 Å². The average molecular weight is 346 g/mol. The van der Waals surface area contributed by atoms with E-state index in [0.717, 1.165) is 25.7 Å². The third-order valence-corrected chi connectivity index (χ3v) is 8.28. The van der Waals surface area contributed by atoms with E-state index in [0.29, 0.717) is 18.6 Å². The van der Waals surface area contributed by atoms with Crippen molar-refractivity contribution >= 4 is 11.8 Å². The van der Waals surface area contributed by atoms with Gasteiger partial charge in [-0.25, -0.2) is 0 Å². The lowest BCUT2D eigenvalue weighted by Crippen LogP contribution is -2.68. The summed E-state index contributed by atoms with van der Waals surface area (Å²) >= 11 is 0. The molecule has 1 N–H and O–H groups in total. The third-order valence-electron chi connectivity index (χ3n) is 8.28. The van der Waals surface area contributed by atoms with Crippen LogP contribution in [0.4, 0.5) is 0 Å². The van der Waals surface area contributed by atoms with E-state index < -0.39 is 17.1 Å². The summed E-state index contributed by atoms with van der Waals surface area (Å²) in [6, 6.07) is 0. The smallest absolute Gasteiger partial charge is 0.320 e. The van der Waals surface area contributed by atoms with Gasteiger partial charge in [0, 0.05) is 11.3 Å². The number of ether oxygens (including phenoxy) is 2. The van der Waals surface area contributed by atoms with Gasteiger partial charge in [0.15, 0.2) is 12.1 Å². The molecule has 3 saturated carbocycles. The SMILES string of the molecule is C=C1C(=O)[C@]23C[C@@H]1CC[C@H]2[C@@]12CO[C@@H](O)[C@@H]1C(C)(C)CC[C@@H]2OC3=O. The van der Waals surface area contributed by atoms with Gasteiger partial charge in [-0.3, -0.25) is 9.59 Å². The van der Waals surface area contributed by atoms with E-state index in [1.54, 1.807) is 0 Å². The number of ketones is 1. The molecule has 3 aliphatic carbocycles. The minimum Gasteiger partial charge on any atom is -0.461 e. The molecule has 5 nitrogen and oxygen atoms in total. The largest absolute Gasteiger partial charge is 0.461 e. The van der Waals surface area contributed by atoms with Crippen LogP contribution in [-0.4, -0.2) is 35.9 Å². The van der Waals surface area contributed by atoms with Crippen LogP contribution in [0.5, 0.6) is 0 Å². The second-order valence-electron chi connectivity index (χ2n) is 9.57. The van der Waals surface area contributed by atoms with E-state index in [1.165, 1.54) is 0 Å². The quantitative estimate of drug-likeness (QED) is 0.414. The molecule has 2 saturated heterocycles. The van der Waals surface area contributed by atoms with E-state index in [4.69, 9.17) is 9.47 Å². The summed E-state index contributed by atoms with van der Waals surface area (Å²) in [5, 5.41) is 10.7. The summed E-state index contributed by atoms with van der Waals surface area (Å²) < 4.78 is 11.7. The molecular formula is C20H26O5. The van der Waals surface area contributed by atoms with Crippen molar-refractivity contribution < 1.29 is 24.2 Å². The number of fused-ring (bicyclic) bond motifs is 1. The second-order valence-corrected chi connectivity index (χ2v) is 9.57. The molecule has 0 amide bonds. The van der Waals surface area contributed by atoms with Gasteiger partial charge in [0.2, 0.25) is 0 Å². The van der Waals surface area contributed by atoms with E-state index >= 15 is 0 Å². The lowest BCUT2D eigenvalue weighted by atomic mass is 9.44. The Morgan fingerprint density at radius 2 is 1.96 bits per heavy atom. The lowest BCUT2D eigenvalue weighted by Gasteiger charge is -2.61. The van der Waals surface area contributed by atoms with Crippen molar-refractivity contribution in [2.24, 2.45) is 34.0 Å². The van der Waals surface area contributed by atoms with Crippen LogP contribution in [0.3, 0.4) is 0 Å². The molecule has 2 bridgehead atoms. The fourth-order valence-corrected chi connectivity index (χ4v) is 7.27. The average Bonchev–Trinajstić information content (AvgIpc) is 3.01. The Morgan fingerprint density at radius 1 is 1.20 bits per heavy atom. The van der Waals surface area contributed by atoms with Gasteiger partial charge in [-0.2, -0.15) is 0 Å². The maximum atomic E-state index is 13.2. The molecule has 2 spiro atoms. The van der Waals surface area contributed by atoms with Crippen LogP contribution >= 0.6 is 0 Å². The van der Waals surface area contributed by atoms with Crippen LogP contribution < -0.4 is 0 Å². The maximum Gasteiger partial charge on any atom is 0.320 e. The van der Waals surface area contributed by atoms with Crippen molar-refractivity contribution in [2.45, 2.75) is 58.3 Å². The van der Waals surface area contributed by atoms with Gasteiger partial charge in [0.1, 0.15) is 11.5 Å². The molecule has 0 unspecified atom stereocenters. The van der Waals surface area contributed by atoms with Crippen molar-refractivity contribution in [1.82, 2.24) is 0 Å². The molecule has 5 fully saturated rings. The Kier molecular flexibility index (Phi) is 2.91. The van der Waals surface area contributed by atoms with Crippen molar-refractivity contribution in [1.29, 1.82) is 0 Å². The number of hydrogen-bond donors (Lipinski definition) is 1. The Bertz CT molecular complexity index is 696. The zero-order valence-corrected chi connectivity index (χ0v) is 14.9. The molecule has 25 heavy (non-hydrogen) atoms. The van der Waals surface area contributed by atoms with Crippen LogP contribution in [0, 0.1) is 34.0 Å². The normalized spacial score (nSPS) is 53.1. The highest BCUT2D eigenvalue weighted by Crippen LogP contribution is 2.71. The molecular weight excluding hydrogens is 320 g/mol. The van der Waals surface area contributed by atoms with Crippen LogP contribution in [0.2, 0.25) is 0 Å². The highest BCUT2D eigenvalue weighted by atomic mass is 16.6. The summed E-state index contributed by atoms with van der Waals surface area (Å²) in [6.45, 7) is 8.69. The summed E-state index contributed by atoms with van der Waals surface area (Å²) in [7, 11) is 0. The molecule has 2 aliphatic heterocycles. The third kappa shape index (κ3) is 1.59. The molecule has 2 heterocycles. The van der Waals surface area contributed by atoms with Crippen molar-refractivity contribution in [3.8, 4) is 0 Å². The summed E-state index contributed by atoms with van der Waals surface area (Å²) in [4.78, 5) is 26.2. The molecule has 7 atom stereocenters. The predicted octanol–water partition coefficient (Wildman–Crippen LogP) is 2.22. The monoisotopic (exact) mass is 346 g/mol. The van der Waals surface area contributed by atoms with Gasteiger partial charge in [-0.05, 0) is 54.9 Å². The topological polar surface area (TPSA) is 72.8 Å². The van der Waals surface area contributed by atoms with Crippen LogP contribution in [-0.2, 0) is 19.1 Å².